The number of carbonyl (C=O) groups is 1. The fraction of sp³-hybridized carbons (Fsp3) is 0.100. The summed E-state index contributed by atoms with van der Waals surface area (Å²) in [4.78, 5) is 27.2. The zero-order chi connectivity index (χ0) is 21.0. The number of hydrogen-bond acceptors (Lipinski definition) is 8. The van der Waals surface area contributed by atoms with Crippen molar-refractivity contribution in [2.75, 3.05) is 6.61 Å². The first-order valence-corrected chi connectivity index (χ1v) is 9.34. The fourth-order valence-corrected chi connectivity index (χ4v) is 3.58. The summed E-state index contributed by atoms with van der Waals surface area (Å²) in [5.74, 6) is -1.51. The zero-order valence-corrected chi connectivity index (χ0v) is 16.0. The fourth-order valence-electron chi connectivity index (χ4n) is 2.55. The minimum atomic E-state index is -0.706. The summed E-state index contributed by atoms with van der Waals surface area (Å²) in [5, 5.41) is 31.5. The standard InChI is InChI=1S/C20H16N2O6S/c1-2-28-20(25)17-18(24)16(29-19(17)21-13-6-4-3-5-7-13)11-12-8-9-14(22(26)27)15(23)10-12/h3-11,23-24H,2H2,1H3/b16-11-,21-19?. The Morgan fingerprint density at radius 1 is 1.24 bits per heavy atom. The van der Waals surface area contributed by atoms with E-state index in [1.54, 1.807) is 31.2 Å². The van der Waals surface area contributed by atoms with Gasteiger partial charge < -0.3 is 14.9 Å². The number of aliphatic hydroxyl groups excluding tert-OH is 1. The molecule has 0 saturated heterocycles. The molecular formula is C20H16N2O6S. The maximum absolute atomic E-state index is 12.4. The Morgan fingerprint density at radius 2 is 1.97 bits per heavy atom. The number of aromatic hydroxyl groups is 1. The predicted octanol–water partition coefficient (Wildman–Crippen LogP) is 4.49. The number of rotatable bonds is 5. The smallest absolute Gasteiger partial charge is 0.344 e. The third-order valence-electron chi connectivity index (χ3n) is 3.85. The van der Waals surface area contributed by atoms with Crippen LogP contribution in [0.4, 0.5) is 11.4 Å². The number of nitro groups is 1. The average Bonchev–Trinajstić information content (AvgIpc) is 2.97. The molecule has 0 spiro atoms. The molecule has 1 heterocycles. The summed E-state index contributed by atoms with van der Waals surface area (Å²) >= 11 is 1.06. The highest BCUT2D eigenvalue weighted by molar-refractivity contribution is 8.18. The van der Waals surface area contributed by atoms with Crippen LogP contribution in [0.25, 0.3) is 6.08 Å². The Morgan fingerprint density at radius 3 is 2.59 bits per heavy atom. The molecule has 2 aromatic carbocycles. The van der Waals surface area contributed by atoms with Crippen molar-refractivity contribution in [2.45, 2.75) is 6.92 Å². The van der Waals surface area contributed by atoms with E-state index in [4.69, 9.17) is 4.74 Å². The van der Waals surface area contributed by atoms with E-state index >= 15 is 0 Å². The number of aliphatic imine (C=N–C) groups is 1. The lowest BCUT2D eigenvalue weighted by molar-refractivity contribution is -0.385. The number of hydrogen-bond donors (Lipinski definition) is 2. The van der Waals surface area contributed by atoms with E-state index in [1.807, 2.05) is 6.07 Å². The van der Waals surface area contributed by atoms with Gasteiger partial charge in [-0.2, -0.15) is 0 Å². The summed E-state index contributed by atoms with van der Waals surface area (Å²) in [6.07, 6.45) is 1.50. The molecule has 0 fully saturated rings. The second kappa shape index (κ2) is 8.61. The number of carbonyl (C=O) groups excluding carboxylic acids is 1. The van der Waals surface area contributed by atoms with Crippen molar-refractivity contribution in [2.24, 2.45) is 4.99 Å². The highest BCUT2D eigenvalue weighted by Crippen LogP contribution is 2.40. The Balaban J connectivity index is 2.03. The molecule has 0 atom stereocenters. The summed E-state index contributed by atoms with van der Waals surface area (Å²) in [5.41, 5.74) is 0.521. The van der Waals surface area contributed by atoms with Gasteiger partial charge in [-0.25, -0.2) is 9.79 Å². The maximum atomic E-state index is 12.4. The number of aliphatic hydroxyl groups is 1. The highest BCUT2D eigenvalue weighted by atomic mass is 32.2. The molecule has 9 heteroatoms. The Labute approximate surface area is 170 Å². The third kappa shape index (κ3) is 4.46. The first-order valence-electron chi connectivity index (χ1n) is 8.52. The number of benzene rings is 2. The van der Waals surface area contributed by atoms with Gasteiger partial charge in [0.15, 0.2) is 5.75 Å². The average molecular weight is 412 g/mol. The van der Waals surface area contributed by atoms with Crippen LogP contribution in [0, 0.1) is 10.1 Å². The molecule has 0 aromatic heterocycles. The first kappa shape index (κ1) is 20.2. The number of nitrogens with zero attached hydrogens (tertiary/aromatic N) is 2. The van der Waals surface area contributed by atoms with Crippen LogP contribution in [0.15, 0.2) is 69.8 Å². The van der Waals surface area contributed by atoms with Gasteiger partial charge in [0.05, 0.1) is 22.1 Å². The van der Waals surface area contributed by atoms with Crippen LogP contribution >= 0.6 is 11.8 Å². The van der Waals surface area contributed by atoms with Crippen LogP contribution in [0.3, 0.4) is 0 Å². The highest BCUT2D eigenvalue weighted by Gasteiger charge is 2.33. The molecule has 8 nitrogen and oxygen atoms in total. The van der Waals surface area contributed by atoms with Gasteiger partial charge in [0.1, 0.15) is 16.4 Å². The molecular weight excluding hydrogens is 396 g/mol. The molecule has 0 radical (unpaired) electrons. The molecule has 0 saturated carbocycles. The van der Waals surface area contributed by atoms with E-state index in [0.29, 0.717) is 16.2 Å². The van der Waals surface area contributed by atoms with Gasteiger partial charge in [-0.05, 0) is 42.8 Å². The van der Waals surface area contributed by atoms with Crippen LogP contribution in [-0.2, 0) is 9.53 Å². The van der Waals surface area contributed by atoms with Gasteiger partial charge >= 0.3 is 11.7 Å². The van der Waals surface area contributed by atoms with Crippen LogP contribution in [-0.4, -0.2) is 32.8 Å². The Bertz CT molecular complexity index is 1060. The Kier molecular flexibility index (Phi) is 5.99. The normalized spacial score (nSPS) is 16.4. The molecule has 0 unspecified atom stereocenters. The lowest BCUT2D eigenvalue weighted by atomic mass is 10.1. The number of phenolic OH excluding ortho intramolecular Hbond substituents is 1. The number of para-hydroxylation sites is 1. The van der Waals surface area contributed by atoms with Crippen molar-refractivity contribution in [3.63, 3.8) is 0 Å². The number of esters is 1. The van der Waals surface area contributed by atoms with Gasteiger partial charge in [0.2, 0.25) is 0 Å². The van der Waals surface area contributed by atoms with Crippen molar-refractivity contribution in [1.82, 2.24) is 0 Å². The van der Waals surface area contributed by atoms with Gasteiger partial charge in [-0.15, -0.1) is 0 Å². The molecule has 1 aliphatic heterocycles. The summed E-state index contributed by atoms with van der Waals surface area (Å²) < 4.78 is 5.03. The van der Waals surface area contributed by atoms with Crippen molar-refractivity contribution >= 4 is 40.2 Å². The molecule has 0 amide bonds. The first-order chi connectivity index (χ1) is 13.9. The summed E-state index contributed by atoms with van der Waals surface area (Å²) in [6, 6.07) is 12.7. The molecule has 0 bridgehead atoms. The van der Waals surface area contributed by atoms with E-state index in [9.17, 15) is 25.1 Å². The molecule has 1 aliphatic rings. The summed E-state index contributed by atoms with van der Waals surface area (Å²) in [6.45, 7) is 1.79. The van der Waals surface area contributed by atoms with Gasteiger partial charge in [0.25, 0.3) is 0 Å². The molecule has 148 valence electrons. The summed E-state index contributed by atoms with van der Waals surface area (Å²) in [7, 11) is 0. The van der Waals surface area contributed by atoms with Gasteiger partial charge in [-0.1, -0.05) is 30.0 Å². The minimum Gasteiger partial charge on any atom is -0.506 e. The van der Waals surface area contributed by atoms with Crippen LogP contribution in [0.1, 0.15) is 12.5 Å². The van der Waals surface area contributed by atoms with Crippen molar-refractivity contribution in [3.8, 4) is 5.75 Å². The van der Waals surface area contributed by atoms with Crippen molar-refractivity contribution in [1.29, 1.82) is 0 Å². The van der Waals surface area contributed by atoms with Crippen LogP contribution < -0.4 is 0 Å². The molecule has 3 rings (SSSR count). The van der Waals surface area contributed by atoms with Crippen molar-refractivity contribution in [3.05, 3.63) is 80.4 Å². The van der Waals surface area contributed by atoms with Crippen LogP contribution in [0.2, 0.25) is 0 Å². The second-order valence-electron chi connectivity index (χ2n) is 5.81. The monoisotopic (exact) mass is 412 g/mol. The topological polar surface area (TPSA) is 122 Å². The largest absolute Gasteiger partial charge is 0.506 e. The number of nitro benzene ring substituents is 1. The van der Waals surface area contributed by atoms with E-state index in [-0.39, 0.29) is 23.0 Å². The SMILES string of the molecule is CCOC(=O)C1=C(O)/C(=C/c2ccc([N+](=O)[O-])c(O)c2)SC1=Nc1ccccc1. The minimum absolute atomic E-state index is 0.0573. The van der Waals surface area contributed by atoms with Crippen molar-refractivity contribution < 1.29 is 24.7 Å². The maximum Gasteiger partial charge on any atom is 0.344 e. The van der Waals surface area contributed by atoms with E-state index in [1.165, 1.54) is 18.2 Å². The molecule has 29 heavy (non-hydrogen) atoms. The molecule has 2 N–H and O–H groups in total. The van der Waals surface area contributed by atoms with E-state index in [2.05, 4.69) is 4.99 Å². The number of thioether (sulfide) groups is 1. The van der Waals surface area contributed by atoms with Crippen LogP contribution in [0.5, 0.6) is 5.75 Å². The number of ether oxygens (including phenoxy) is 1. The quantitative estimate of drug-likeness (QED) is 0.421. The van der Waals surface area contributed by atoms with Gasteiger partial charge in [0, 0.05) is 6.07 Å². The zero-order valence-electron chi connectivity index (χ0n) is 15.2. The molecule has 2 aromatic rings. The lowest BCUT2D eigenvalue weighted by Crippen LogP contribution is -2.12. The van der Waals surface area contributed by atoms with E-state index in [0.717, 1.165) is 17.8 Å². The van der Waals surface area contributed by atoms with E-state index < -0.39 is 22.3 Å². The lowest BCUT2D eigenvalue weighted by Gasteiger charge is -2.03. The third-order valence-corrected chi connectivity index (χ3v) is 4.87. The number of phenols is 1. The predicted molar refractivity (Wildman–Crippen MR) is 110 cm³/mol. The Hall–Kier alpha value is -3.59. The second-order valence-corrected chi connectivity index (χ2v) is 6.84. The molecule has 0 aliphatic carbocycles. The van der Waals surface area contributed by atoms with Gasteiger partial charge in [-0.3, -0.25) is 10.1 Å².